The molecule has 1 aliphatic heterocycles. The van der Waals surface area contributed by atoms with Crippen molar-refractivity contribution < 1.29 is 23.1 Å². The summed E-state index contributed by atoms with van der Waals surface area (Å²) in [6.45, 7) is 1.66. The van der Waals surface area contributed by atoms with Gasteiger partial charge in [0.1, 0.15) is 0 Å². The minimum absolute atomic E-state index is 0.0497. The standard InChI is InChI=1S/C18H16F3N3O2/c1-10-8-13(12-4-2-3-5-14(12)22-10)16(25)24-17(26,18(19,20)21)9-15(23-24)11-6-7-11/h2-5,8-9,11,23,26H,6-7H2,1H3. The summed E-state index contributed by atoms with van der Waals surface area (Å²) in [4.78, 5) is 17.3. The highest BCUT2D eigenvalue weighted by molar-refractivity contribution is 6.06. The summed E-state index contributed by atoms with van der Waals surface area (Å²) in [7, 11) is 0. The Kier molecular flexibility index (Phi) is 3.52. The predicted octanol–water partition coefficient (Wildman–Crippen LogP) is 3.05. The van der Waals surface area contributed by atoms with Crippen LogP contribution in [-0.2, 0) is 0 Å². The molecule has 0 spiro atoms. The number of aliphatic hydroxyl groups is 1. The third kappa shape index (κ3) is 2.52. The lowest BCUT2D eigenvalue weighted by atomic mass is 10.1. The summed E-state index contributed by atoms with van der Waals surface area (Å²) >= 11 is 0. The van der Waals surface area contributed by atoms with Crippen molar-refractivity contribution in [2.75, 3.05) is 0 Å². The normalized spacial score (nSPS) is 23.1. The van der Waals surface area contributed by atoms with Gasteiger partial charge in [-0.25, -0.2) is 5.01 Å². The first-order valence-corrected chi connectivity index (χ1v) is 8.20. The Balaban J connectivity index is 1.81. The van der Waals surface area contributed by atoms with E-state index < -0.39 is 17.8 Å². The SMILES string of the molecule is Cc1cc(C(=O)N2NC(C3CC3)=CC2(O)C(F)(F)F)c2ccccc2n1. The zero-order valence-corrected chi connectivity index (χ0v) is 13.8. The van der Waals surface area contributed by atoms with Gasteiger partial charge in [0.2, 0.25) is 0 Å². The van der Waals surface area contributed by atoms with Crippen LogP contribution in [0.1, 0.15) is 28.9 Å². The molecule has 1 amide bonds. The molecule has 4 rings (SSSR count). The maximum atomic E-state index is 13.6. The Hall–Kier alpha value is -2.61. The van der Waals surface area contributed by atoms with Gasteiger partial charge in [-0.2, -0.15) is 13.2 Å². The number of alkyl halides is 3. The van der Waals surface area contributed by atoms with Crippen molar-refractivity contribution in [2.24, 2.45) is 5.92 Å². The molecule has 1 saturated carbocycles. The summed E-state index contributed by atoms with van der Waals surface area (Å²) in [5, 5.41) is 11.0. The highest BCUT2D eigenvalue weighted by atomic mass is 19.4. The van der Waals surface area contributed by atoms with Crippen molar-refractivity contribution in [1.29, 1.82) is 0 Å². The van der Waals surface area contributed by atoms with Gasteiger partial charge in [0.05, 0.1) is 11.1 Å². The van der Waals surface area contributed by atoms with Crippen molar-refractivity contribution in [3.05, 3.63) is 53.4 Å². The molecule has 26 heavy (non-hydrogen) atoms. The second kappa shape index (κ2) is 5.44. The van der Waals surface area contributed by atoms with Gasteiger partial charge in [0.15, 0.2) is 0 Å². The van der Waals surface area contributed by atoms with Crippen LogP contribution in [0.3, 0.4) is 0 Å². The number of amides is 1. The summed E-state index contributed by atoms with van der Waals surface area (Å²) < 4.78 is 40.7. The number of benzene rings is 1. The van der Waals surface area contributed by atoms with E-state index in [1.165, 1.54) is 6.07 Å². The maximum Gasteiger partial charge on any atom is 0.442 e. The average molecular weight is 363 g/mol. The van der Waals surface area contributed by atoms with Gasteiger partial charge in [-0.3, -0.25) is 15.2 Å². The van der Waals surface area contributed by atoms with Crippen LogP contribution in [0.2, 0.25) is 0 Å². The topological polar surface area (TPSA) is 65.5 Å². The molecule has 1 aliphatic carbocycles. The lowest BCUT2D eigenvalue weighted by Gasteiger charge is -2.34. The van der Waals surface area contributed by atoms with Crippen molar-refractivity contribution >= 4 is 16.8 Å². The number of para-hydroxylation sites is 1. The number of hydrogen-bond donors (Lipinski definition) is 2. The fourth-order valence-corrected chi connectivity index (χ4v) is 3.15. The molecular weight excluding hydrogens is 347 g/mol. The van der Waals surface area contributed by atoms with Crippen LogP contribution in [0, 0.1) is 12.8 Å². The van der Waals surface area contributed by atoms with Gasteiger partial charge in [-0.15, -0.1) is 0 Å². The van der Waals surface area contributed by atoms with E-state index in [2.05, 4.69) is 10.4 Å². The van der Waals surface area contributed by atoms with Gasteiger partial charge in [0, 0.05) is 28.8 Å². The van der Waals surface area contributed by atoms with E-state index in [9.17, 15) is 23.1 Å². The molecule has 8 heteroatoms. The largest absolute Gasteiger partial charge is 0.442 e. The lowest BCUT2D eigenvalue weighted by molar-refractivity contribution is -0.283. The monoisotopic (exact) mass is 363 g/mol. The Morgan fingerprint density at radius 3 is 2.69 bits per heavy atom. The van der Waals surface area contributed by atoms with Gasteiger partial charge < -0.3 is 5.11 Å². The van der Waals surface area contributed by atoms with E-state index in [0.29, 0.717) is 22.7 Å². The molecule has 1 unspecified atom stereocenters. The molecule has 2 aromatic rings. The Bertz CT molecular complexity index is 937. The zero-order chi connectivity index (χ0) is 18.7. The van der Waals surface area contributed by atoms with E-state index in [1.54, 1.807) is 31.2 Å². The third-order valence-corrected chi connectivity index (χ3v) is 4.65. The molecule has 0 radical (unpaired) electrons. The summed E-state index contributed by atoms with van der Waals surface area (Å²) in [6, 6.07) is 8.14. The van der Waals surface area contributed by atoms with Gasteiger partial charge in [0.25, 0.3) is 11.6 Å². The van der Waals surface area contributed by atoms with E-state index in [0.717, 1.165) is 12.8 Å². The number of allylic oxidation sites excluding steroid dienone is 1. The molecule has 2 heterocycles. The average Bonchev–Trinajstić information content (AvgIpc) is 3.35. The number of carbonyl (C=O) groups is 1. The minimum atomic E-state index is -5.04. The first kappa shape index (κ1) is 16.8. The second-order valence-corrected chi connectivity index (χ2v) is 6.68. The second-order valence-electron chi connectivity index (χ2n) is 6.68. The number of hydrazine groups is 1. The molecule has 0 saturated heterocycles. The van der Waals surface area contributed by atoms with Crippen molar-refractivity contribution in [1.82, 2.24) is 15.4 Å². The Labute approximate surface area is 147 Å². The number of carbonyl (C=O) groups excluding carboxylic acids is 1. The molecule has 136 valence electrons. The summed E-state index contributed by atoms with van der Waals surface area (Å²) in [5.41, 5.74) is 0.376. The maximum absolute atomic E-state index is 13.6. The molecule has 2 aliphatic rings. The molecular formula is C18H16F3N3O2. The first-order valence-electron chi connectivity index (χ1n) is 8.20. The number of pyridine rings is 1. The fraction of sp³-hybridized carbons (Fsp3) is 0.333. The smallest absolute Gasteiger partial charge is 0.359 e. The van der Waals surface area contributed by atoms with Crippen LogP contribution in [0.5, 0.6) is 0 Å². The van der Waals surface area contributed by atoms with Gasteiger partial charge in [-0.1, -0.05) is 18.2 Å². The number of nitrogens with zero attached hydrogens (tertiary/aromatic N) is 2. The molecule has 1 fully saturated rings. The molecule has 0 bridgehead atoms. The molecule has 2 N–H and O–H groups in total. The van der Waals surface area contributed by atoms with Gasteiger partial charge >= 0.3 is 6.18 Å². The van der Waals surface area contributed by atoms with Crippen LogP contribution in [-0.4, -0.2) is 32.9 Å². The van der Waals surface area contributed by atoms with Crippen molar-refractivity contribution in [3.8, 4) is 0 Å². The molecule has 1 aromatic carbocycles. The van der Waals surface area contributed by atoms with Crippen molar-refractivity contribution in [2.45, 2.75) is 31.7 Å². The van der Waals surface area contributed by atoms with Gasteiger partial charge in [-0.05, 0) is 31.9 Å². The fourth-order valence-electron chi connectivity index (χ4n) is 3.15. The molecule has 1 aromatic heterocycles. The van der Waals surface area contributed by atoms with E-state index >= 15 is 0 Å². The van der Waals surface area contributed by atoms with E-state index in [4.69, 9.17) is 0 Å². The van der Waals surface area contributed by atoms with E-state index in [1.807, 2.05) is 0 Å². The first-order chi connectivity index (χ1) is 12.2. The number of fused-ring (bicyclic) bond motifs is 1. The minimum Gasteiger partial charge on any atom is -0.359 e. The number of nitrogens with one attached hydrogen (secondary N) is 1. The number of rotatable bonds is 2. The van der Waals surface area contributed by atoms with Crippen LogP contribution >= 0.6 is 0 Å². The quantitative estimate of drug-likeness (QED) is 0.861. The highest BCUT2D eigenvalue weighted by Gasteiger charge is 2.62. The number of halogens is 3. The van der Waals surface area contributed by atoms with Crippen LogP contribution in [0.15, 0.2) is 42.1 Å². The van der Waals surface area contributed by atoms with Crippen molar-refractivity contribution in [3.63, 3.8) is 0 Å². The van der Waals surface area contributed by atoms with E-state index in [-0.39, 0.29) is 22.2 Å². The number of hydrogen-bond acceptors (Lipinski definition) is 4. The molecule has 5 nitrogen and oxygen atoms in total. The molecule has 1 atom stereocenters. The predicted molar refractivity (Wildman–Crippen MR) is 87.6 cm³/mol. The Morgan fingerprint density at radius 1 is 1.35 bits per heavy atom. The highest BCUT2D eigenvalue weighted by Crippen LogP contribution is 2.44. The number of aryl methyl sites for hydroxylation is 1. The lowest BCUT2D eigenvalue weighted by Crippen LogP contribution is -2.60. The third-order valence-electron chi connectivity index (χ3n) is 4.65. The zero-order valence-electron chi connectivity index (χ0n) is 13.8. The Morgan fingerprint density at radius 2 is 2.04 bits per heavy atom. The summed E-state index contributed by atoms with van der Waals surface area (Å²) in [5.74, 6) is -1.05. The van der Waals surface area contributed by atoms with Crippen LogP contribution in [0.25, 0.3) is 10.9 Å². The van der Waals surface area contributed by atoms with Crippen LogP contribution < -0.4 is 5.43 Å². The van der Waals surface area contributed by atoms with Crippen LogP contribution in [0.4, 0.5) is 13.2 Å². The summed E-state index contributed by atoms with van der Waals surface area (Å²) in [6.07, 6.45) is -2.87. The number of aromatic nitrogens is 1.